The van der Waals surface area contributed by atoms with Crippen LogP contribution in [-0.4, -0.2) is 17.6 Å². The minimum atomic E-state index is -0.794. The van der Waals surface area contributed by atoms with E-state index in [1.807, 2.05) is 60.7 Å². The molecule has 3 rings (SSSR count). The van der Waals surface area contributed by atoms with Gasteiger partial charge in [-0.15, -0.1) is 0 Å². The van der Waals surface area contributed by atoms with E-state index in [0.29, 0.717) is 11.3 Å². The van der Waals surface area contributed by atoms with E-state index in [0.717, 1.165) is 11.1 Å². The van der Waals surface area contributed by atoms with Crippen molar-refractivity contribution in [2.75, 3.05) is 5.32 Å². The molecular weight excluding hydrogens is 352 g/mol. The van der Waals surface area contributed by atoms with Crippen molar-refractivity contribution in [3.8, 4) is 0 Å². The molecule has 0 spiro atoms. The summed E-state index contributed by atoms with van der Waals surface area (Å²) in [5.74, 6) is -1.67. The van der Waals surface area contributed by atoms with Gasteiger partial charge in [0.05, 0.1) is 6.04 Å². The highest BCUT2D eigenvalue weighted by atomic mass is 16.2. The lowest BCUT2D eigenvalue weighted by atomic mass is 9.98. The van der Waals surface area contributed by atoms with Crippen molar-refractivity contribution in [2.24, 2.45) is 0 Å². The number of benzene rings is 3. The van der Waals surface area contributed by atoms with Gasteiger partial charge in [-0.2, -0.15) is 0 Å². The Kier molecular flexibility index (Phi) is 5.97. The second kappa shape index (κ2) is 8.77. The summed E-state index contributed by atoms with van der Waals surface area (Å²) >= 11 is 0. The molecule has 0 atom stereocenters. The zero-order valence-electron chi connectivity index (χ0n) is 15.4. The van der Waals surface area contributed by atoms with E-state index in [-0.39, 0.29) is 5.78 Å². The monoisotopic (exact) mass is 372 g/mol. The van der Waals surface area contributed by atoms with Gasteiger partial charge < -0.3 is 10.6 Å². The fourth-order valence-corrected chi connectivity index (χ4v) is 2.85. The van der Waals surface area contributed by atoms with Gasteiger partial charge in [-0.25, -0.2) is 0 Å². The maximum atomic E-state index is 12.5. The quantitative estimate of drug-likeness (QED) is 0.529. The van der Waals surface area contributed by atoms with Crippen molar-refractivity contribution in [3.63, 3.8) is 0 Å². The van der Waals surface area contributed by atoms with Crippen molar-refractivity contribution in [1.82, 2.24) is 5.32 Å². The largest absolute Gasteiger partial charge is 0.337 e. The number of hydrogen-bond donors (Lipinski definition) is 2. The molecule has 0 bridgehead atoms. The van der Waals surface area contributed by atoms with Gasteiger partial charge in [0.25, 0.3) is 0 Å². The predicted octanol–water partition coefficient (Wildman–Crippen LogP) is 3.73. The van der Waals surface area contributed by atoms with Crippen LogP contribution in [0.5, 0.6) is 0 Å². The standard InChI is InChI=1S/C23H20N2O3/c1-16(26)19-13-8-14-20(15-19)24-22(27)23(28)25-21(17-9-4-2-5-10-17)18-11-6-3-7-12-18/h2-15,21H,1H3,(H,24,27)(H,25,28). The molecule has 0 fully saturated rings. The van der Waals surface area contributed by atoms with E-state index in [1.165, 1.54) is 6.92 Å². The number of nitrogens with one attached hydrogen (secondary N) is 2. The summed E-state index contributed by atoms with van der Waals surface area (Å²) in [6, 6.07) is 24.9. The van der Waals surface area contributed by atoms with Crippen molar-refractivity contribution in [1.29, 1.82) is 0 Å². The summed E-state index contributed by atoms with van der Waals surface area (Å²) in [6.45, 7) is 1.44. The van der Waals surface area contributed by atoms with E-state index in [1.54, 1.807) is 24.3 Å². The molecule has 0 aliphatic heterocycles. The van der Waals surface area contributed by atoms with Crippen LogP contribution in [0.25, 0.3) is 0 Å². The molecular formula is C23H20N2O3. The molecule has 0 radical (unpaired) electrons. The summed E-state index contributed by atoms with van der Waals surface area (Å²) in [5.41, 5.74) is 2.59. The van der Waals surface area contributed by atoms with Crippen LogP contribution in [0, 0.1) is 0 Å². The van der Waals surface area contributed by atoms with Crippen LogP contribution in [0.1, 0.15) is 34.5 Å². The molecule has 0 saturated carbocycles. The van der Waals surface area contributed by atoms with Crippen molar-refractivity contribution >= 4 is 23.3 Å². The number of carbonyl (C=O) groups excluding carboxylic acids is 3. The molecule has 0 saturated heterocycles. The third-order valence-corrected chi connectivity index (χ3v) is 4.27. The van der Waals surface area contributed by atoms with Crippen LogP contribution in [0.4, 0.5) is 5.69 Å². The van der Waals surface area contributed by atoms with Gasteiger partial charge in [-0.3, -0.25) is 14.4 Å². The Hall–Kier alpha value is -3.73. The van der Waals surface area contributed by atoms with E-state index in [9.17, 15) is 14.4 Å². The second-order valence-electron chi connectivity index (χ2n) is 6.32. The number of ketones is 1. The number of anilines is 1. The van der Waals surface area contributed by atoms with E-state index in [2.05, 4.69) is 10.6 Å². The highest BCUT2D eigenvalue weighted by molar-refractivity contribution is 6.39. The highest BCUT2D eigenvalue weighted by Crippen LogP contribution is 2.21. The summed E-state index contributed by atoms with van der Waals surface area (Å²) in [6.07, 6.45) is 0. The fraction of sp³-hybridized carbons (Fsp3) is 0.0870. The van der Waals surface area contributed by atoms with Crippen molar-refractivity contribution in [2.45, 2.75) is 13.0 Å². The molecule has 0 aliphatic carbocycles. The average molecular weight is 372 g/mol. The van der Waals surface area contributed by atoms with Crippen LogP contribution in [-0.2, 0) is 9.59 Å². The first-order valence-electron chi connectivity index (χ1n) is 8.87. The number of carbonyl (C=O) groups is 3. The van der Waals surface area contributed by atoms with Crippen LogP contribution in [0.2, 0.25) is 0 Å². The minimum Gasteiger partial charge on any atom is -0.337 e. The molecule has 28 heavy (non-hydrogen) atoms. The lowest BCUT2D eigenvalue weighted by Crippen LogP contribution is -2.38. The number of Topliss-reactive ketones (excluding diaryl/α,β-unsaturated/α-hetero) is 1. The average Bonchev–Trinajstić information content (AvgIpc) is 2.73. The van der Waals surface area contributed by atoms with Crippen LogP contribution in [0.15, 0.2) is 84.9 Å². The zero-order valence-corrected chi connectivity index (χ0v) is 15.4. The molecule has 0 aliphatic rings. The molecule has 2 amide bonds. The molecule has 2 N–H and O–H groups in total. The lowest BCUT2D eigenvalue weighted by molar-refractivity contribution is -0.136. The molecule has 140 valence electrons. The SMILES string of the molecule is CC(=O)c1cccc(NC(=O)C(=O)NC(c2ccccc2)c2ccccc2)c1. The van der Waals surface area contributed by atoms with Crippen LogP contribution >= 0.6 is 0 Å². The first-order valence-corrected chi connectivity index (χ1v) is 8.87. The topological polar surface area (TPSA) is 75.3 Å². The Morgan fingerprint density at radius 1 is 0.714 bits per heavy atom. The van der Waals surface area contributed by atoms with E-state index < -0.39 is 17.9 Å². The molecule has 3 aromatic carbocycles. The van der Waals surface area contributed by atoms with Gasteiger partial charge in [0.15, 0.2) is 5.78 Å². The lowest BCUT2D eigenvalue weighted by Gasteiger charge is -2.19. The predicted molar refractivity (Wildman–Crippen MR) is 108 cm³/mol. The Morgan fingerprint density at radius 2 is 1.29 bits per heavy atom. The highest BCUT2D eigenvalue weighted by Gasteiger charge is 2.21. The maximum absolute atomic E-state index is 12.5. The van der Waals surface area contributed by atoms with Gasteiger partial charge in [-0.05, 0) is 30.2 Å². The van der Waals surface area contributed by atoms with Crippen LogP contribution < -0.4 is 10.6 Å². The number of amides is 2. The third-order valence-electron chi connectivity index (χ3n) is 4.27. The smallest absolute Gasteiger partial charge is 0.313 e. The van der Waals surface area contributed by atoms with Gasteiger partial charge in [0.1, 0.15) is 0 Å². The maximum Gasteiger partial charge on any atom is 0.313 e. The summed E-state index contributed by atoms with van der Waals surface area (Å²) in [7, 11) is 0. The zero-order chi connectivity index (χ0) is 19.9. The number of hydrogen-bond acceptors (Lipinski definition) is 3. The Balaban J connectivity index is 1.77. The molecule has 5 heteroatoms. The summed E-state index contributed by atoms with van der Waals surface area (Å²) in [4.78, 5) is 36.4. The molecule has 0 unspecified atom stereocenters. The van der Waals surface area contributed by atoms with Gasteiger partial charge in [-0.1, -0.05) is 72.8 Å². The summed E-state index contributed by atoms with van der Waals surface area (Å²) < 4.78 is 0. The molecule has 0 aromatic heterocycles. The first-order chi connectivity index (χ1) is 13.5. The second-order valence-corrected chi connectivity index (χ2v) is 6.32. The van der Waals surface area contributed by atoms with Crippen molar-refractivity contribution in [3.05, 3.63) is 102 Å². The number of rotatable bonds is 5. The first kappa shape index (κ1) is 19.0. The van der Waals surface area contributed by atoms with Crippen LogP contribution in [0.3, 0.4) is 0 Å². The third kappa shape index (κ3) is 4.71. The summed E-state index contributed by atoms with van der Waals surface area (Å²) in [5, 5.41) is 5.33. The van der Waals surface area contributed by atoms with Crippen molar-refractivity contribution < 1.29 is 14.4 Å². The van der Waals surface area contributed by atoms with Gasteiger partial charge in [0, 0.05) is 11.3 Å². The minimum absolute atomic E-state index is 0.117. The van der Waals surface area contributed by atoms with E-state index >= 15 is 0 Å². The van der Waals surface area contributed by atoms with Gasteiger partial charge in [0.2, 0.25) is 0 Å². The molecule has 0 heterocycles. The molecule has 5 nitrogen and oxygen atoms in total. The normalized spacial score (nSPS) is 10.4. The Bertz CT molecular complexity index is 945. The van der Waals surface area contributed by atoms with E-state index in [4.69, 9.17) is 0 Å². The Labute approximate surface area is 163 Å². The Morgan fingerprint density at radius 3 is 1.82 bits per heavy atom. The van der Waals surface area contributed by atoms with Gasteiger partial charge >= 0.3 is 11.8 Å². The molecule has 3 aromatic rings. The fourth-order valence-electron chi connectivity index (χ4n) is 2.85.